The number of ether oxygens (including phenoxy) is 2. The minimum absolute atomic E-state index is 0.0618. The highest BCUT2D eigenvalue weighted by Crippen LogP contribution is 2.42. The zero-order valence-electron chi connectivity index (χ0n) is 10.4. The van der Waals surface area contributed by atoms with E-state index in [9.17, 15) is 8.42 Å². The molecule has 0 saturated carbocycles. The lowest BCUT2D eigenvalue weighted by Crippen LogP contribution is -2.66. The highest BCUT2D eigenvalue weighted by Gasteiger charge is 2.53. The molecule has 0 aromatic heterocycles. The summed E-state index contributed by atoms with van der Waals surface area (Å²) in [6.45, 7) is 2.39. The van der Waals surface area contributed by atoms with Crippen LogP contribution in [0.5, 0.6) is 5.75 Å². The van der Waals surface area contributed by atoms with Gasteiger partial charge in [-0.25, -0.2) is 8.42 Å². The van der Waals surface area contributed by atoms with Crippen LogP contribution in [-0.4, -0.2) is 46.1 Å². The van der Waals surface area contributed by atoms with Gasteiger partial charge in [-0.15, -0.1) is 0 Å². The second kappa shape index (κ2) is 4.44. The molecule has 0 atom stereocenters. The smallest absolute Gasteiger partial charge is 0.246 e. The van der Waals surface area contributed by atoms with E-state index in [4.69, 9.17) is 9.47 Å². The maximum absolute atomic E-state index is 12.6. The van der Waals surface area contributed by atoms with Crippen LogP contribution in [0.2, 0.25) is 0 Å². The highest BCUT2D eigenvalue weighted by atomic mass is 79.9. The number of methoxy groups -OCH3 is 1. The van der Waals surface area contributed by atoms with E-state index in [1.165, 1.54) is 11.4 Å². The van der Waals surface area contributed by atoms with E-state index in [2.05, 4.69) is 15.9 Å². The number of benzene rings is 1. The fourth-order valence-corrected chi connectivity index (χ4v) is 4.80. The number of hydrogen-bond donors (Lipinski definition) is 0. The van der Waals surface area contributed by atoms with E-state index in [1.807, 2.05) is 0 Å². The predicted molar refractivity (Wildman–Crippen MR) is 72.7 cm³/mol. The van der Waals surface area contributed by atoms with Gasteiger partial charge in [0, 0.05) is 23.0 Å². The van der Waals surface area contributed by atoms with Crippen molar-refractivity contribution in [1.82, 2.24) is 4.31 Å². The molecule has 2 aliphatic heterocycles. The van der Waals surface area contributed by atoms with Crippen LogP contribution in [0, 0.1) is 5.41 Å². The summed E-state index contributed by atoms with van der Waals surface area (Å²) < 4.78 is 37.6. The lowest BCUT2D eigenvalue weighted by atomic mass is 9.80. The van der Waals surface area contributed by atoms with Gasteiger partial charge in [-0.05, 0) is 18.2 Å². The lowest BCUT2D eigenvalue weighted by molar-refractivity contribution is -0.166. The van der Waals surface area contributed by atoms with Crippen molar-refractivity contribution in [2.75, 3.05) is 33.4 Å². The molecular formula is C12H14BrNO4S. The monoisotopic (exact) mass is 347 g/mol. The Morgan fingerprint density at radius 2 is 2.05 bits per heavy atom. The van der Waals surface area contributed by atoms with Gasteiger partial charge >= 0.3 is 0 Å². The Morgan fingerprint density at radius 3 is 2.58 bits per heavy atom. The van der Waals surface area contributed by atoms with Crippen LogP contribution >= 0.6 is 15.9 Å². The maximum Gasteiger partial charge on any atom is 0.246 e. The molecule has 2 aliphatic rings. The van der Waals surface area contributed by atoms with Gasteiger partial charge < -0.3 is 9.47 Å². The first kappa shape index (κ1) is 13.4. The maximum atomic E-state index is 12.6. The van der Waals surface area contributed by atoms with Crippen LogP contribution in [0.25, 0.3) is 0 Å². The van der Waals surface area contributed by atoms with Gasteiger partial charge in [0.15, 0.2) is 0 Å². The highest BCUT2D eigenvalue weighted by molar-refractivity contribution is 9.10. The van der Waals surface area contributed by atoms with Crippen molar-refractivity contribution in [3.05, 3.63) is 22.7 Å². The first-order chi connectivity index (χ1) is 8.97. The molecule has 2 heterocycles. The first-order valence-corrected chi connectivity index (χ1v) is 8.12. The van der Waals surface area contributed by atoms with Crippen molar-refractivity contribution >= 4 is 26.0 Å². The van der Waals surface area contributed by atoms with Crippen molar-refractivity contribution in [3.63, 3.8) is 0 Å². The van der Waals surface area contributed by atoms with E-state index >= 15 is 0 Å². The summed E-state index contributed by atoms with van der Waals surface area (Å²) in [5.41, 5.74) is 0.0618. The standard InChI is InChI=1S/C12H14BrNO4S/c1-17-10-3-2-9(13)4-11(10)19(15,16)14-5-12(6-14)7-18-8-12/h2-4H,5-8H2,1H3. The number of nitrogens with zero attached hydrogens (tertiary/aromatic N) is 1. The SMILES string of the molecule is COc1ccc(Br)cc1S(=O)(=O)N1CC2(COC2)C1. The van der Waals surface area contributed by atoms with Crippen molar-refractivity contribution in [2.45, 2.75) is 4.90 Å². The van der Waals surface area contributed by atoms with Crippen molar-refractivity contribution in [2.24, 2.45) is 5.41 Å². The van der Waals surface area contributed by atoms with E-state index in [-0.39, 0.29) is 10.3 Å². The first-order valence-electron chi connectivity index (χ1n) is 5.88. The molecule has 7 heteroatoms. The topological polar surface area (TPSA) is 55.8 Å². The van der Waals surface area contributed by atoms with Crippen molar-refractivity contribution < 1.29 is 17.9 Å². The molecule has 0 radical (unpaired) electrons. The zero-order valence-corrected chi connectivity index (χ0v) is 12.8. The largest absolute Gasteiger partial charge is 0.495 e. The Morgan fingerprint density at radius 1 is 1.37 bits per heavy atom. The Kier molecular flexibility index (Phi) is 3.12. The molecule has 104 valence electrons. The van der Waals surface area contributed by atoms with Gasteiger partial charge in [-0.1, -0.05) is 15.9 Å². The number of halogens is 1. The molecule has 0 aliphatic carbocycles. The van der Waals surface area contributed by atoms with Crippen LogP contribution in [-0.2, 0) is 14.8 Å². The summed E-state index contributed by atoms with van der Waals surface area (Å²) in [6, 6.07) is 4.99. The molecule has 19 heavy (non-hydrogen) atoms. The van der Waals surface area contributed by atoms with Crippen LogP contribution in [0.15, 0.2) is 27.6 Å². The summed E-state index contributed by atoms with van der Waals surface area (Å²) >= 11 is 3.30. The molecule has 3 rings (SSSR count). The number of rotatable bonds is 3. The van der Waals surface area contributed by atoms with Crippen molar-refractivity contribution in [3.8, 4) is 5.75 Å². The quantitative estimate of drug-likeness (QED) is 0.830. The second-order valence-corrected chi connectivity index (χ2v) is 7.88. The molecule has 1 spiro atoms. The van der Waals surface area contributed by atoms with Gasteiger partial charge in [-0.3, -0.25) is 0 Å². The third-order valence-electron chi connectivity index (χ3n) is 3.58. The summed E-state index contributed by atoms with van der Waals surface area (Å²) in [6.07, 6.45) is 0. The second-order valence-electron chi connectivity index (χ2n) is 5.06. The van der Waals surface area contributed by atoms with Crippen LogP contribution in [0.4, 0.5) is 0 Å². The Hall–Kier alpha value is -0.630. The van der Waals surface area contributed by atoms with Gasteiger partial charge in [0.2, 0.25) is 10.0 Å². The molecule has 1 aromatic carbocycles. The Labute approximate surface area is 120 Å². The summed E-state index contributed by atoms with van der Waals surface area (Å²) in [5, 5.41) is 0. The average molecular weight is 348 g/mol. The average Bonchev–Trinajstić information content (AvgIpc) is 2.24. The van der Waals surface area contributed by atoms with E-state index in [0.717, 1.165) is 0 Å². The lowest BCUT2D eigenvalue weighted by Gasteiger charge is -2.53. The summed E-state index contributed by atoms with van der Waals surface area (Å²) in [7, 11) is -2.02. The van der Waals surface area contributed by atoms with Crippen LogP contribution < -0.4 is 4.74 Å². The van der Waals surface area contributed by atoms with Gasteiger partial charge in [0.25, 0.3) is 0 Å². The molecule has 2 fully saturated rings. The number of sulfonamides is 1. The predicted octanol–water partition coefficient (Wildman–Crippen LogP) is 1.48. The molecule has 2 saturated heterocycles. The normalized spacial score (nSPS) is 21.8. The summed E-state index contributed by atoms with van der Waals surface area (Å²) in [4.78, 5) is 0.208. The molecule has 0 bridgehead atoms. The van der Waals surface area contributed by atoms with Crippen LogP contribution in [0.3, 0.4) is 0 Å². The third kappa shape index (κ3) is 2.08. The molecular weight excluding hydrogens is 334 g/mol. The minimum atomic E-state index is -3.49. The minimum Gasteiger partial charge on any atom is -0.495 e. The van der Waals surface area contributed by atoms with Gasteiger partial charge in [-0.2, -0.15) is 4.31 Å². The molecule has 5 nitrogen and oxygen atoms in total. The fourth-order valence-electron chi connectivity index (χ4n) is 2.44. The molecule has 0 unspecified atom stereocenters. The Balaban J connectivity index is 1.90. The van der Waals surface area contributed by atoms with Gasteiger partial charge in [0.1, 0.15) is 10.6 Å². The van der Waals surface area contributed by atoms with Gasteiger partial charge in [0.05, 0.1) is 20.3 Å². The zero-order chi connectivity index (χ0) is 13.7. The summed E-state index contributed by atoms with van der Waals surface area (Å²) in [5.74, 6) is 0.369. The Bertz CT molecular complexity index is 604. The van der Waals surface area contributed by atoms with E-state index in [1.54, 1.807) is 18.2 Å². The van der Waals surface area contributed by atoms with E-state index in [0.29, 0.717) is 36.5 Å². The molecule has 0 amide bonds. The third-order valence-corrected chi connectivity index (χ3v) is 5.89. The fraction of sp³-hybridized carbons (Fsp3) is 0.500. The number of hydrogen-bond acceptors (Lipinski definition) is 4. The van der Waals surface area contributed by atoms with Crippen molar-refractivity contribution in [1.29, 1.82) is 0 Å². The van der Waals surface area contributed by atoms with Crippen LogP contribution in [0.1, 0.15) is 0 Å². The molecule has 0 N–H and O–H groups in total. The molecule has 1 aromatic rings. The van der Waals surface area contributed by atoms with E-state index < -0.39 is 10.0 Å².